The van der Waals surface area contributed by atoms with Crippen LogP contribution in [0, 0.1) is 0 Å². The number of hydrogen-bond donors (Lipinski definition) is 1. The quantitative estimate of drug-likeness (QED) is 0.328. The highest BCUT2D eigenvalue weighted by molar-refractivity contribution is 5.93. The zero-order valence-electron chi connectivity index (χ0n) is 17.1. The Labute approximate surface area is 184 Å². The number of carbonyl (C=O) groups is 1. The molecule has 1 heterocycles. The van der Waals surface area contributed by atoms with Crippen LogP contribution in [0.4, 0.5) is 0 Å². The Hall–Kier alpha value is -4.58. The van der Waals surface area contributed by atoms with Gasteiger partial charge in [0.05, 0.1) is 11.9 Å². The second kappa shape index (κ2) is 8.65. The number of benzene rings is 4. The van der Waals surface area contributed by atoms with Gasteiger partial charge in [0.1, 0.15) is 0 Å². The van der Waals surface area contributed by atoms with E-state index in [-0.39, 0.29) is 5.82 Å². The molecule has 0 aliphatic heterocycles. The molecule has 0 saturated carbocycles. The monoisotopic (exact) mass is 417 g/mol. The fraction of sp³-hybridized carbons (Fsp3) is 0. The maximum atomic E-state index is 12.7. The number of fused-ring (bicyclic) bond motifs is 1. The van der Waals surface area contributed by atoms with Crippen molar-refractivity contribution in [3.63, 3.8) is 0 Å². The number of hydrazone groups is 1. The predicted octanol–water partition coefficient (Wildman–Crippen LogP) is 4.85. The van der Waals surface area contributed by atoms with E-state index in [0.717, 1.165) is 27.6 Å². The molecule has 1 N–H and O–H groups in total. The summed E-state index contributed by atoms with van der Waals surface area (Å²) in [7, 11) is 0. The summed E-state index contributed by atoms with van der Waals surface area (Å²) in [4.78, 5) is 17.2. The lowest BCUT2D eigenvalue weighted by molar-refractivity contribution is 0.0945. The summed E-state index contributed by atoms with van der Waals surface area (Å²) in [5.74, 6) is 0.151. The molecule has 5 rings (SSSR count). The molecule has 0 saturated heterocycles. The zero-order chi connectivity index (χ0) is 21.8. The largest absolute Gasteiger partial charge is 0.311 e. The molecule has 6 heteroatoms. The van der Waals surface area contributed by atoms with Gasteiger partial charge in [-0.3, -0.25) is 4.79 Å². The molecule has 1 amide bonds. The van der Waals surface area contributed by atoms with Crippen molar-refractivity contribution in [1.82, 2.24) is 20.2 Å². The lowest BCUT2D eigenvalue weighted by Gasteiger charge is -2.05. The maximum Gasteiger partial charge on any atom is 0.311 e. The number of nitrogens with one attached hydrogen (secondary N) is 1. The fourth-order valence-corrected chi connectivity index (χ4v) is 3.44. The third-order valence-corrected chi connectivity index (χ3v) is 5.00. The van der Waals surface area contributed by atoms with Gasteiger partial charge in [0.25, 0.3) is 0 Å². The molecule has 0 bridgehead atoms. The molecule has 0 aliphatic rings. The molecule has 0 radical (unpaired) electrons. The molecule has 6 nitrogen and oxygen atoms in total. The van der Waals surface area contributed by atoms with Crippen molar-refractivity contribution in [3.8, 4) is 17.1 Å². The van der Waals surface area contributed by atoms with Gasteiger partial charge in [-0.05, 0) is 34.5 Å². The van der Waals surface area contributed by atoms with E-state index in [9.17, 15) is 4.79 Å². The summed E-state index contributed by atoms with van der Waals surface area (Å²) >= 11 is 0. The van der Waals surface area contributed by atoms with Crippen LogP contribution in [0.5, 0.6) is 0 Å². The Morgan fingerprint density at radius 3 is 2.28 bits per heavy atom. The summed E-state index contributed by atoms with van der Waals surface area (Å²) in [6, 6.07) is 33.3. The van der Waals surface area contributed by atoms with E-state index in [1.54, 1.807) is 10.9 Å². The molecule has 154 valence electrons. The molecule has 1 aromatic heterocycles. The van der Waals surface area contributed by atoms with Gasteiger partial charge in [-0.2, -0.15) is 5.10 Å². The third-order valence-electron chi connectivity index (χ3n) is 5.00. The van der Waals surface area contributed by atoms with Crippen LogP contribution in [-0.4, -0.2) is 26.9 Å². The number of carbonyl (C=O) groups excluding carboxylic acids is 1. The van der Waals surface area contributed by atoms with Crippen LogP contribution >= 0.6 is 0 Å². The van der Waals surface area contributed by atoms with Crippen LogP contribution in [0.1, 0.15) is 16.2 Å². The van der Waals surface area contributed by atoms with Gasteiger partial charge in [-0.25, -0.2) is 15.1 Å². The highest BCUT2D eigenvalue weighted by atomic mass is 16.2. The highest BCUT2D eigenvalue weighted by Gasteiger charge is 2.18. The minimum atomic E-state index is -0.478. The molecule has 32 heavy (non-hydrogen) atoms. The first kappa shape index (κ1) is 19.4. The Kier molecular flexibility index (Phi) is 5.24. The number of aromatic nitrogens is 3. The van der Waals surface area contributed by atoms with Gasteiger partial charge in [0.15, 0.2) is 5.82 Å². The normalized spacial score (nSPS) is 11.1. The SMILES string of the molecule is O=C(NN=Cc1ccc2ccccc2c1)c1nc(-c2ccccc2)n(-c2ccccc2)n1. The summed E-state index contributed by atoms with van der Waals surface area (Å²) in [5.41, 5.74) is 5.10. The van der Waals surface area contributed by atoms with E-state index in [1.165, 1.54) is 0 Å². The molecule has 0 aliphatic carbocycles. The van der Waals surface area contributed by atoms with Crippen molar-refractivity contribution in [1.29, 1.82) is 0 Å². The molecule has 0 fully saturated rings. The fourth-order valence-electron chi connectivity index (χ4n) is 3.44. The Morgan fingerprint density at radius 1 is 0.812 bits per heavy atom. The Balaban J connectivity index is 1.40. The molecule has 4 aromatic carbocycles. The minimum Gasteiger partial charge on any atom is -0.264 e. The average molecular weight is 417 g/mol. The van der Waals surface area contributed by atoms with Gasteiger partial charge < -0.3 is 0 Å². The van der Waals surface area contributed by atoms with Crippen molar-refractivity contribution in [2.24, 2.45) is 5.10 Å². The second-order valence-electron chi connectivity index (χ2n) is 7.18. The van der Waals surface area contributed by atoms with E-state index < -0.39 is 5.91 Å². The van der Waals surface area contributed by atoms with Gasteiger partial charge in [-0.15, -0.1) is 5.10 Å². The van der Waals surface area contributed by atoms with Crippen LogP contribution in [0.2, 0.25) is 0 Å². The Bertz CT molecular complexity index is 1350. The zero-order valence-corrected chi connectivity index (χ0v) is 17.1. The van der Waals surface area contributed by atoms with Gasteiger partial charge in [0.2, 0.25) is 5.82 Å². The molecule has 5 aromatic rings. The van der Waals surface area contributed by atoms with Crippen LogP contribution in [0.15, 0.2) is 108 Å². The predicted molar refractivity (Wildman–Crippen MR) is 126 cm³/mol. The smallest absolute Gasteiger partial charge is 0.264 e. The average Bonchev–Trinajstić information content (AvgIpc) is 3.31. The van der Waals surface area contributed by atoms with Crippen LogP contribution in [0.25, 0.3) is 27.8 Å². The van der Waals surface area contributed by atoms with E-state index in [0.29, 0.717) is 5.82 Å². The van der Waals surface area contributed by atoms with E-state index in [4.69, 9.17) is 0 Å². The number of rotatable bonds is 5. The topological polar surface area (TPSA) is 72.2 Å². The Morgan fingerprint density at radius 2 is 1.50 bits per heavy atom. The summed E-state index contributed by atoms with van der Waals surface area (Å²) < 4.78 is 1.66. The standard InChI is InChI=1S/C26H19N5O/c32-26(29-27-18-19-15-16-20-9-7-8-12-22(20)17-19)24-28-25(21-10-3-1-4-11-21)31(30-24)23-13-5-2-6-14-23/h1-18H,(H,29,32). The molecular formula is C26H19N5O. The first-order valence-electron chi connectivity index (χ1n) is 10.2. The number of nitrogens with zero attached hydrogens (tertiary/aromatic N) is 4. The van der Waals surface area contributed by atoms with Crippen molar-refractivity contribution in [3.05, 3.63) is 115 Å². The second-order valence-corrected chi connectivity index (χ2v) is 7.18. The summed E-state index contributed by atoms with van der Waals surface area (Å²) in [6.07, 6.45) is 1.61. The minimum absolute atomic E-state index is 0.0448. The number of amides is 1. The first-order chi connectivity index (χ1) is 15.8. The first-order valence-corrected chi connectivity index (χ1v) is 10.2. The lowest BCUT2D eigenvalue weighted by Crippen LogP contribution is -2.19. The molecule has 0 spiro atoms. The number of para-hydroxylation sites is 1. The summed E-state index contributed by atoms with van der Waals surface area (Å²) in [6.45, 7) is 0. The third kappa shape index (κ3) is 4.02. The maximum absolute atomic E-state index is 12.7. The summed E-state index contributed by atoms with van der Waals surface area (Å²) in [5, 5.41) is 10.8. The lowest BCUT2D eigenvalue weighted by atomic mass is 10.1. The van der Waals surface area contributed by atoms with Gasteiger partial charge >= 0.3 is 5.91 Å². The van der Waals surface area contributed by atoms with Crippen molar-refractivity contribution in [2.45, 2.75) is 0 Å². The van der Waals surface area contributed by atoms with Crippen molar-refractivity contribution >= 4 is 22.9 Å². The van der Waals surface area contributed by atoms with E-state index in [1.807, 2.05) is 97.1 Å². The van der Waals surface area contributed by atoms with E-state index in [2.05, 4.69) is 26.7 Å². The van der Waals surface area contributed by atoms with Crippen LogP contribution < -0.4 is 5.43 Å². The molecule has 0 unspecified atom stereocenters. The van der Waals surface area contributed by atoms with Crippen LogP contribution in [0.3, 0.4) is 0 Å². The van der Waals surface area contributed by atoms with Crippen molar-refractivity contribution < 1.29 is 4.79 Å². The molecule has 0 atom stereocenters. The van der Waals surface area contributed by atoms with E-state index >= 15 is 0 Å². The highest BCUT2D eigenvalue weighted by Crippen LogP contribution is 2.21. The number of hydrogen-bond acceptors (Lipinski definition) is 4. The van der Waals surface area contributed by atoms with Crippen molar-refractivity contribution in [2.75, 3.05) is 0 Å². The van der Waals surface area contributed by atoms with Gasteiger partial charge in [0, 0.05) is 5.56 Å². The molecular weight excluding hydrogens is 398 g/mol. The van der Waals surface area contributed by atoms with Gasteiger partial charge in [-0.1, -0.05) is 84.9 Å². The van der Waals surface area contributed by atoms with Crippen LogP contribution in [-0.2, 0) is 0 Å².